The molecule has 1 aliphatic rings. The van der Waals surface area contributed by atoms with E-state index in [1.165, 1.54) is 38.1 Å². The number of benzene rings is 1. The zero-order chi connectivity index (χ0) is 18.1. The molecule has 0 spiro atoms. The van der Waals surface area contributed by atoms with Crippen LogP contribution >= 0.6 is 24.0 Å². The molecule has 2 unspecified atom stereocenters. The molecule has 2 rings (SSSR count). The van der Waals surface area contributed by atoms with Crippen molar-refractivity contribution in [3.63, 3.8) is 0 Å². The van der Waals surface area contributed by atoms with Crippen molar-refractivity contribution in [1.82, 2.24) is 15.5 Å². The molecule has 5 nitrogen and oxygen atoms in total. The molecule has 1 aromatic rings. The van der Waals surface area contributed by atoms with Crippen molar-refractivity contribution in [1.29, 1.82) is 0 Å². The van der Waals surface area contributed by atoms with Gasteiger partial charge in [0.15, 0.2) is 5.96 Å². The summed E-state index contributed by atoms with van der Waals surface area (Å²) in [4.78, 5) is 6.79. The van der Waals surface area contributed by atoms with E-state index >= 15 is 0 Å². The predicted molar refractivity (Wildman–Crippen MR) is 116 cm³/mol. The number of nitrogens with one attached hydrogen (secondary N) is 2. The maximum absolute atomic E-state index is 12.9. The third-order valence-corrected chi connectivity index (χ3v) is 4.32. The standard InChI is InChI=1S/C19H31FN4O.HI/c1-15(14-24-10-4-5-11-24)12-22-19(21-3)23-13-16(2)25-18-8-6-17(20)7-9-18;/h6-9,15-16H,4-5,10-14H2,1-3H3,(H2,21,22,23);1H. The molecule has 1 aliphatic heterocycles. The van der Waals surface area contributed by atoms with Gasteiger partial charge in [0.25, 0.3) is 0 Å². The average Bonchev–Trinajstić information content (AvgIpc) is 3.10. The first kappa shape index (κ1) is 23.0. The molecule has 2 atom stereocenters. The molecule has 1 aromatic carbocycles. The molecule has 7 heteroatoms. The lowest BCUT2D eigenvalue weighted by molar-refractivity contribution is 0.223. The number of guanidine groups is 1. The van der Waals surface area contributed by atoms with Crippen molar-refractivity contribution in [3.05, 3.63) is 30.1 Å². The number of rotatable bonds is 8. The Balaban J connectivity index is 0.00000338. The van der Waals surface area contributed by atoms with Crippen LogP contribution < -0.4 is 15.4 Å². The van der Waals surface area contributed by atoms with E-state index in [0.29, 0.717) is 18.2 Å². The van der Waals surface area contributed by atoms with Crippen LogP contribution in [-0.2, 0) is 0 Å². The van der Waals surface area contributed by atoms with Gasteiger partial charge in [-0.15, -0.1) is 24.0 Å². The Bertz CT molecular complexity index is 535. The van der Waals surface area contributed by atoms with E-state index in [2.05, 4.69) is 27.4 Å². The maximum atomic E-state index is 12.9. The van der Waals surface area contributed by atoms with Crippen LogP contribution in [0.25, 0.3) is 0 Å². The molecule has 0 aromatic heterocycles. The van der Waals surface area contributed by atoms with Gasteiger partial charge in [-0.05, 0) is 63.0 Å². The lowest BCUT2D eigenvalue weighted by Crippen LogP contribution is -2.44. The molecule has 2 N–H and O–H groups in total. The summed E-state index contributed by atoms with van der Waals surface area (Å²) >= 11 is 0. The lowest BCUT2D eigenvalue weighted by Gasteiger charge is -2.22. The molecule has 0 aliphatic carbocycles. The minimum Gasteiger partial charge on any atom is -0.489 e. The molecule has 1 saturated heterocycles. The summed E-state index contributed by atoms with van der Waals surface area (Å²) in [7, 11) is 1.77. The molecule has 1 fully saturated rings. The van der Waals surface area contributed by atoms with Crippen LogP contribution in [0.5, 0.6) is 5.75 Å². The second kappa shape index (κ2) is 12.3. The molecule has 1 heterocycles. The highest BCUT2D eigenvalue weighted by Crippen LogP contribution is 2.12. The fourth-order valence-corrected chi connectivity index (χ4v) is 2.99. The van der Waals surface area contributed by atoms with Gasteiger partial charge in [-0.2, -0.15) is 0 Å². The van der Waals surface area contributed by atoms with E-state index in [1.54, 1.807) is 19.2 Å². The van der Waals surface area contributed by atoms with Gasteiger partial charge in [0, 0.05) is 20.1 Å². The summed E-state index contributed by atoms with van der Waals surface area (Å²) < 4.78 is 18.7. The number of likely N-dealkylation sites (tertiary alicyclic amines) is 1. The topological polar surface area (TPSA) is 48.9 Å². The highest BCUT2D eigenvalue weighted by molar-refractivity contribution is 14.0. The van der Waals surface area contributed by atoms with Gasteiger partial charge in [-0.25, -0.2) is 4.39 Å². The van der Waals surface area contributed by atoms with E-state index in [-0.39, 0.29) is 35.9 Å². The Morgan fingerprint density at radius 3 is 2.38 bits per heavy atom. The maximum Gasteiger partial charge on any atom is 0.191 e. The van der Waals surface area contributed by atoms with Gasteiger partial charge in [-0.3, -0.25) is 4.99 Å². The van der Waals surface area contributed by atoms with E-state index in [4.69, 9.17) is 4.74 Å². The van der Waals surface area contributed by atoms with Gasteiger partial charge >= 0.3 is 0 Å². The normalized spacial score (nSPS) is 17.3. The second-order valence-corrected chi connectivity index (χ2v) is 6.83. The van der Waals surface area contributed by atoms with Gasteiger partial charge < -0.3 is 20.3 Å². The Hall–Kier alpha value is -1.09. The Labute approximate surface area is 173 Å². The Kier molecular flexibility index (Phi) is 10.9. The third-order valence-electron chi connectivity index (χ3n) is 4.32. The quantitative estimate of drug-likeness (QED) is 0.343. The first-order valence-electron chi connectivity index (χ1n) is 9.16. The lowest BCUT2D eigenvalue weighted by atomic mass is 10.1. The van der Waals surface area contributed by atoms with Crippen LogP contribution in [0.15, 0.2) is 29.3 Å². The van der Waals surface area contributed by atoms with E-state index in [1.807, 2.05) is 6.92 Å². The summed E-state index contributed by atoms with van der Waals surface area (Å²) in [5, 5.41) is 6.65. The fourth-order valence-electron chi connectivity index (χ4n) is 2.99. The molecular formula is C19H32FIN4O. The molecule has 0 saturated carbocycles. The van der Waals surface area contributed by atoms with Crippen LogP contribution in [0, 0.1) is 11.7 Å². The van der Waals surface area contributed by atoms with Crippen LogP contribution in [0.2, 0.25) is 0 Å². The fraction of sp³-hybridized carbons (Fsp3) is 0.632. The molecule has 26 heavy (non-hydrogen) atoms. The molecule has 148 valence electrons. The first-order chi connectivity index (χ1) is 12.1. The van der Waals surface area contributed by atoms with Crippen LogP contribution in [0.1, 0.15) is 26.7 Å². The zero-order valence-electron chi connectivity index (χ0n) is 16.0. The first-order valence-corrected chi connectivity index (χ1v) is 9.16. The number of hydrogen-bond acceptors (Lipinski definition) is 3. The van der Waals surface area contributed by atoms with Crippen LogP contribution in [0.4, 0.5) is 4.39 Å². The highest BCUT2D eigenvalue weighted by atomic mass is 127. The van der Waals surface area contributed by atoms with Crippen molar-refractivity contribution >= 4 is 29.9 Å². The van der Waals surface area contributed by atoms with Gasteiger partial charge in [0.1, 0.15) is 17.7 Å². The second-order valence-electron chi connectivity index (χ2n) is 6.83. The summed E-state index contributed by atoms with van der Waals surface area (Å²) in [5.41, 5.74) is 0. The third kappa shape index (κ3) is 8.53. The number of aliphatic imine (C=N–C) groups is 1. The van der Waals surface area contributed by atoms with E-state index < -0.39 is 0 Å². The molecule has 0 bridgehead atoms. The number of halogens is 2. The summed E-state index contributed by atoms with van der Waals surface area (Å²) in [6.07, 6.45) is 2.61. The van der Waals surface area contributed by atoms with Gasteiger partial charge in [0.05, 0.1) is 6.54 Å². The highest BCUT2D eigenvalue weighted by Gasteiger charge is 2.15. The Morgan fingerprint density at radius 1 is 1.15 bits per heavy atom. The minimum atomic E-state index is -0.259. The van der Waals surface area contributed by atoms with Crippen molar-refractivity contribution in [2.75, 3.05) is 39.8 Å². The Morgan fingerprint density at radius 2 is 1.77 bits per heavy atom. The van der Waals surface area contributed by atoms with Gasteiger partial charge in [0.2, 0.25) is 0 Å². The van der Waals surface area contributed by atoms with Crippen molar-refractivity contribution in [3.8, 4) is 5.75 Å². The molecular weight excluding hydrogens is 446 g/mol. The van der Waals surface area contributed by atoms with Crippen LogP contribution in [-0.4, -0.2) is 56.7 Å². The predicted octanol–water partition coefficient (Wildman–Crippen LogP) is 3.11. The number of nitrogens with zero attached hydrogens (tertiary/aromatic N) is 2. The SMILES string of the molecule is CN=C(NCC(C)CN1CCCC1)NCC(C)Oc1ccc(F)cc1.I. The van der Waals surface area contributed by atoms with Crippen molar-refractivity contribution < 1.29 is 9.13 Å². The minimum absolute atomic E-state index is 0. The zero-order valence-corrected chi connectivity index (χ0v) is 18.3. The smallest absolute Gasteiger partial charge is 0.191 e. The molecule has 0 amide bonds. The average molecular weight is 478 g/mol. The van der Waals surface area contributed by atoms with Crippen LogP contribution in [0.3, 0.4) is 0 Å². The summed E-state index contributed by atoms with van der Waals surface area (Å²) in [6.45, 7) is 9.35. The van der Waals surface area contributed by atoms with Crippen molar-refractivity contribution in [2.24, 2.45) is 10.9 Å². The number of ether oxygens (including phenoxy) is 1. The largest absolute Gasteiger partial charge is 0.489 e. The van der Waals surface area contributed by atoms with Gasteiger partial charge in [-0.1, -0.05) is 6.92 Å². The number of hydrogen-bond donors (Lipinski definition) is 2. The summed E-state index contributed by atoms with van der Waals surface area (Å²) in [5.74, 6) is 1.76. The monoisotopic (exact) mass is 478 g/mol. The van der Waals surface area contributed by atoms with E-state index in [0.717, 1.165) is 19.0 Å². The van der Waals surface area contributed by atoms with Crippen molar-refractivity contribution in [2.45, 2.75) is 32.8 Å². The summed E-state index contributed by atoms with van der Waals surface area (Å²) in [6, 6.07) is 6.08. The molecule has 0 radical (unpaired) electrons. The van der Waals surface area contributed by atoms with E-state index in [9.17, 15) is 4.39 Å².